The molecule has 0 aliphatic carbocycles. The highest BCUT2D eigenvalue weighted by atomic mass is 16.3. The third kappa shape index (κ3) is 4.33. The van der Waals surface area contributed by atoms with Crippen molar-refractivity contribution in [3.8, 4) is 0 Å². The van der Waals surface area contributed by atoms with E-state index >= 15 is 0 Å². The maximum absolute atomic E-state index is 9.88. The van der Waals surface area contributed by atoms with Gasteiger partial charge in [0.25, 0.3) is 0 Å². The smallest absolute Gasteiger partial charge is 0.111 e. The fraction of sp³-hybridized carbons (Fsp3) is 0.750. The van der Waals surface area contributed by atoms with E-state index in [4.69, 9.17) is 0 Å². The van der Waals surface area contributed by atoms with Crippen LogP contribution in [0.1, 0.15) is 25.6 Å². The Hall–Kier alpha value is -0.870. The van der Waals surface area contributed by atoms with E-state index < -0.39 is 0 Å². The number of rotatable bonds is 7. The summed E-state index contributed by atoms with van der Waals surface area (Å²) in [6.45, 7) is 4.04. The standard InChI is InChI=1S/C12H23N3O/c1-4-7-15-9-6-13-12(15)10-11(16)5-8-14(2)3/h6,9,11,16H,4-5,7-8,10H2,1-3H3. The van der Waals surface area contributed by atoms with E-state index in [2.05, 4.69) is 21.4 Å². The minimum atomic E-state index is -0.291. The van der Waals surface area contributed by atoms with Gasteiger partial charge >= 0.3 is 0 Å². The third-order valence-corrected chi connectivity index (χ3v) is 2.59. The first-order valence-corrected chi connectivity index (χ1v) is 5.96. The van der Waals surface area contributed by atoms with Crippen molar-refractivity contribution in [2.75, 3.05) is 20.6 Å². The Bertz CT molecular complexity index is 296. The number of hydrogen-bond acceptors (Lipinski definition) is 3. The van der Waals surface area contributed by atoms with Gasteiger partial charge in [-0.2, -0.15) is 0 Å². The van der Waals surface area contributed by atoms with Crippen LogP contribution in [0, 0.1) is 0 Å². The number of aromatic nitrogens is 2. The number of aliphatic hydroxyl groups is 1. The SMILES string of the molecule is CCCn1ccnc1CC(O)CCN(C)C. The normalized spacial score (nSPS) is 13.3. The molecule has 0 saturated heterocycles. The van der Waals surface area contributed by atoms with Gasteiger partial charge in [-0.05, 0) is 33.5 Å². The molecule has 1 N–H and O–H groups in total. The van der Waals surface area contributed by atoms with E-state index in [0.29, 0.717) is 6.42 Å². The lowest BCUT2D eigenvalue weighted by atomic mass is 10.1. The van der Waals surface area contributed by atoms with E-state index in [0.717, 1.165) is 31.8 Å². The predicted octanol–water partition coefficient (Wildman–Crippen LogP) is 1.15. The zero-order valence-corrected chi connectivity index (χ0v) is 10.6. The molecule has 0 aliphatic rings. The molecule has 0 aromatic carbocycles. The summed E-state index contributed by atoms with van der Waals surface area (Å²) in [5.41, 5.74) is 0. The summed E-state index contributed by atoms with van der Waals surface area (Å²) in [6, 6.07) is 0. The Kier molecular flexibility index (Phi) is 5.49. The number of aryl methyl sites for hydroxylation is 1. The molecule has 16 heavy (non-hydrogen) atoms. The van der Waals surface area contributed by atoms with Crippen LogP contribution in [0.4, 0.5) is 0 Å². The molecule has 1 aromatic heterocycles. The van der Waals surface area contributed by atoms with Gasteiger partial charge in [0.05, 0.1) is 6.10 Å². The summed E-state index contributed by atoms with van der Waals surface area (Å²) in [6.07, 6.45) is 6.05. The van der Waals surface area contributed by atoms with Crippen LogP contribution in [0.25, 0.3) is 0 Å². The summed E-state index contributed by atoms with van der Waals surface area (Å²) < 4.78 is 2.12. The highest BCUT2D eigenvalue weighted by Crippen LogP contribution is 2.05. The molecule has 0 radical (unpaired) electrons. The van der Waals surface area contributed by atoms with Gasteiger partial charge in [0.1, 0.15) is 5.82 Å². The third-order valence-electron chi connectivity index (χ3n) is 2.59. The molecule has 92 valence electrons. The van der Waals surface area contributed by atoms with Crippen LogP contribution in [0.5, 0.6) is 0 Å². The summed E-state index contributed by atoms with van der Waals surface area (Å²) in [7, 11) is 4.04. The molecular weight excluding hydrogens is 202 g/mol. The molecule has 1 atom stereocenters. The quantitative estimate of drug-likeness (QED) is 0.757. The minimum Gasteiger partial charge on any atom is -0.393 e. The van der Waals surface area contributed by atoms with Gasteiger partial charge in [-0.15, -0.1) is 0 Å². The van der Waals surface area contributed by atoms with E-state index in [1.165, 1.54) is 0 Å². The van der Waals surface area contributed by atoms with Crippen LogP contribution in [0.2, 0.25) is 0 Å². The first-order valence-electron chi connectivity index (χ1n) is 5.96. The van der Waals surface area contributed by atoms with Crippen molar-refractivity contribution in [2.45, 2.75) is 38.8 Å². The van der Waals surface area contributed by atoms with Gasteiger partial charge in [0, 0.05) is 25.4 Å². The topological polar surface area (TPSA) is 41.3 Å². The summed E-state index contributed by atoms with van der Waals surface area (Å²) in [4.78, 5) is 6.38. The monoisotopic (exact) mass is 225 g/mol. The van der Waals surface area contributed by atoms with Crippen LogP contribution in [-0.2, 0) is 13.0 Å². The molecule has 1 unspecified atom stereocenters. The number of hydrogen-bond donors (Lipinski definition) is 1. The van der Waals surface area contributed by atoms with Crippen LogP contribution in [-0.4, -0.2) is 46.3 Å². The van der Waals surface area contributed by atoms with Crippen molar-refractivity contribution in [3.05, 3.63) is 18.2 Å². The highest BCUT2D eigenvalue weighted by molar-refractivity contribution is 4.94. The van der Waals surface area contributed by atoms with Crippen molar-refractivity contribution in [2.24, 2.45) is 0 Å². The average Bonchev–Trinajstić information content (AvgIpc) is 2.63. The Morgan fingerprint density at radius 3 is 2.88 bits per heavy atom. The summed E-state index contributed by atoms with van der Waals surface area (Å²) in [5.74, 6) is 0.994. The Morgan fingerprint density at radius 1 is 1.50 bits per heavy atom. The molecule has 1 aromatic rings. The number of imidazole rings is 1. The number of nitrogens with zero attached hydrogens (tertiary/aromatic N) is 3. The van der Waals surface area contributed by atoms with E-state index in [-0.39, 0.29) is 6.10 Å². The second-order valence-electron chi connectivity index (χ2n) is 4.49. The van der Waals surface area contributed by atoms with Gasteiger partial charge in [-0.25, -0.2) is 4.98 Å². The zero-order chi connectivity index (χ0) is 12.0. The predicted molar refractivity (Wildman–Crippen MR) is 65.4 cm³/mol. The van der Waals surface area contributed by atoms with Crippen molar-refractivity contribution < 1.29 is 5.11 Å². The van der Waals surface area contributed by atoms with Crippen LogP contribution < -0.4 is 0 Å². The maximum Gasteiger partial charge on any atom is 0.111 e. The van der Waals surface area contributed by atoms with Crippen LogP contribution in [0.3, 0.4) is 0 Å². The highest BCUT2D eigenvalue weighted by Gasteiger charge is 2.10. The lowest BCUT2D eigenvalue weighted by Crippen LogP contribution is -2.22. The lowest BCUT2D eigenvalue weighted by Gasteiger charge is -2.14. The Labute approximate surface area is 97.9 Å². The molecule has 0 aliphatic heterocycles. The first kappa shape index (κ1) is 13.2. The van der Waals surface area contributed by atoms with Crippen LogP contribution >= 0.6 is 0 Å². The second kappa shape index (κ2) is 6.66. The molecular formula is C12H23N3O. The maximum atomic E-state index is 9.88. The van der Waals surface area contributed by atoms with Gasteiger partial charge in [0.2, 0.25) is 0 Å². The van der Waals surface area contributed by atoms with Crippen molar-refractivity contribution >= 4 is 0 Å². The van der Waals surface area contributed by atoms with Gasteiger partial charge in [0.15, 0.2) is 0 Å². The average molecular weight is 225 g/mol. The summed E-state index contributed by atoms with van der Waals surface area (Å²) in [5, 5.41) is 9.88. The largest absolute Gasteiger partial charge is 0.393 e. The van der Waals surface area contributed by atoms with Crippen molar-refractivity contribution in [1.82, 2.24) is 14.5 Å². The van der Waals surface area contributed by atoms with Crippen molar-refractivity contribution in [3.63, 3.8) is 0 Å². The van der Waals surface area contributed by atoms with Crippen molar-refractivity contribution in [1.29, 1.82) is 0 Å². The Morgan fingerprint density at radius 2 is 2.25 bits per heavy atom. The molecule has 0 amide bonds. The van der Waals surface area contributed by atoms with Gasteiger partial charge in [-0.3, -0.25) is 0 Å². The second-order valence-corrected chi connectivity index (χ2v) is 4.49. The lowest BCUT2D eigenvalue weighted by molar-refractivity contribution is 0.149. The Balaban J connectivity index is 2.42. The van der Waals surface area contributed by atoms with Crippen LogP contribution in [0.15, 0.2) is 12.4 Å². The molecule has 1 heterocycles. The molecule has 0 bridgehead atoms. The van der Waals surface area contributed by atoms with E-state index in [1.807, 2.05) is 26.5 Å². The molecule has 0 fully saturated rings. The van der Waals surface area contributed by atoms with E-state index in [1.54, 1.807) is 0 Å². The summed E-state index contributed by atoms with van der Waals surface area (Å²) >= 11 is 0. The molecule has 0 spiro atoms. The molecule has 4 nitrogen and oxygen atoms in total. The molecule has 0 saturated carbocycles. The number of aliphatic hydroxyl groups excluding tert-OH is 1. The fourth-order valence-electron chi connectivity index (χ4n) is 1.69. The minimum absolute atomic E-state index is 0.291. The van der Waals surface area contributed by atoms with Gasteiger partial charge in [-0.1, -0.05) is 6.92 Å². The van der Waals surface area contributed by atoms with E-state index in [9.17, 15) is 5.11 Å². The fourth-order valence-corrected chi connectivity index (χ4v) is 1.69. The molecule has 4 heteroatoms. The molecule has 1 rings (SSSR count). The zero-order valence-electron chi connectivity index (χ0n) is 10.6. The van der Waals surface area contributed by atoms with Gasteiger partial charge < -0.3 is 14.6 Å². The first-order chi connectivity index (χ1) is 7.63.